The smallest absolute Gasteiger partial charge is 0.269 e. The fourth-order valence-corrected chi connectivity index (χ4v) is 10.7. The fourth-order valence-electron chi connectivity index (χ4n) is 4.71. The van der Waals surface area contributed by atoms with Crippen molar-refractivity contribution in [2.45, 2.75) is 64.2 Å². The first-order chi connectivity index (χ1) is 10.4. The molecular formula is C20H28F2Hf. The SMILES string of the molecule is C1=CC(C2CCCC2)=[C]([Hf][C]2=C(C3CCCC3)C=CC2)C1.F.F. The van der Waals surface area contributed by atoms with Gasteiger partial charge < -0.3 is 0 Å². The molecule has 0 saturated heterocycles. The van der Waals surface area contributed by atoms with Crippen molar-refractivity contribution in [3.63, 3.8) is 0 Å². The average Bonchev–Trinajstić information content (AvgIpc) is 3.28. The standard InChI is InChI=1S/2C10H13.2FH.Hf/c2*1-2-6-9(5-1)10-7-3-4-8-10;;;/h2*1,5,10H,2-4,7-8H2;2*1H;. The third kappa shape index (κ3) is 4.03. The molecule has 4 rings (SSSR count). The zero-order valence-electron chi connectivity index (χ0n) is 13.9. The van der Waals surface area contributed by atoms with Gasteiger partial charge in [-0.3, -0.25) is 9.41 Å². The minimum absolute atomic E-state index is 0. The number of halogens is 2. The van der Waals surface area contributed by atoms with Crippen molar-refractivity contribution < 1.29 is 32.3 Å². The van der Waals surface area contributed by atoms with Crippen LogP contribution in [0.5, 0.6) is 0 Å². The van der Waals surface area contributed by atoms with E-state index in [1.165, 1.54) is 64.2 Å². The molecule has 0 bridgehead atoms. The third-order valence-corrected chi connectivity index (χ3v) is 11.5. The van der Waals surface area contributed by atoms with Gasteiger partial charge in [0.15, 0.2) is 0 Å². The van der Waals surface area contributed by atoms with Gasteiger partial charge >= 0.3 is 141 Å². The van der Waals surface area contributed by atoms with Crippen molar-refractivity contribution in [1.82, 2.24) is 0 Å². The van der Waals surface area contributed by atoms with E-state index in [0.29, 0.717) is 0 Å². The van der Waals surface area contributed by atoms with Crippen LogP contribution in [-0.2, 0) is 22.9 Å². The van der Waals surface area contributed by atoms with Gasteiger partial charge in [0.1, 0.15) is 0 Å². The second-order valence-electron chi connectivity index (χ2n) is 7.17. The molecule has 0 unspecified atom stereocenters. The zero-order valence-corrected chi connectivity index (χ0v) is 17.4. The van der Waals surface area contributed by atoms with Gasteiger partial charge in [-0.15, -0.1) is 0 Å². The van der Waals surface area contributed by atoms with Gasteiger partial charge in [0, 0.05) is 0 Å². The van der Waals surface area contributed by atoms with Crippen LogP contribution < -0.4 is 0 Å². The molecule has 126 valence electrons. The van der Waals surface area contributed by atoms with Crippen LogP contribution >= 0.6 is 0 Å². The quantitative estimate of drug-likeness (QED) is 0.418. The molecule has 0 amide bonds. The summed E-state index contributed by atoms with van der Waals surface area (Å²) in [4.78, 5) is 0. The Morgan fingerprint density at radius 2 is 1.04 bits per heavy atom. The van der Waals surface area contributed by atoms with E-state index in [1.807, 2.05) is 17.8 Å². The first kappa shape index (κ1) is 19.0. The van der Waals surface area contributed by atoms with E-state index >= 15 is 0 Å². The molecule has 0 atom stereocenters. The van der Waals surface area contributed by atoms with Crippen LogP contribution in [0, 0.1) is 11.8 Å². The van der Waals surface area contributed by atoms with Gasteiger partial charge in [-0.25, -0.2) is 0 Å². The van der Waals surface area contributed by atoms with Gasteiger partial charge in [-0.05, 0) is 0 Å². The maximum absolute atomic E-state index is 2.51. The van der Waals surface area contributed by atoms with E-state index in [0.717, 1.165) is 11.8 Å². The van der Waals surface area contributed by atoms with Gasteiger partial charge in [0.05, 0.1) is 0 Å². The van der Waals surface area contributed by atoms with Crippen molar-refractivity contribution in [3.8, 4) is 0 Å². The van der Waals surface area contributed by atoms with Gasteiger partial charge in [-0.2, -0.15) is 0 Å². The molecule has 0 N–H and O–H groups in total. The number of rotatable bonds is 4. The van der Waals surface area contributed by atoms with Crippen molar-refractivity contribution >= 4 is 0 Å². The number of hydrogen-bond donors (Lipinski definition) is 0. The van der Waals surface area contributed by atoms with Crippen molar-refractivity contribution in [2.75, 3.05) is 0 Å². The summed E-state index contributed by atoms with van der Waals surface area (Å²) in [5.74, 6) is 1.88. The Kier molecular flexibility index (Phi) is 7.19. The fraction of sp³-hybridized carbons (Fsp3) is 0.600. The molecule has 0 aromatic heterocycles. The summed E-state index contributed by atoms with van der Waals surface area (Å²) in [5.41, 5.74) is 3.64. The molecule has 23 heavy (non-hydrogen) atoms. The number of hydrogen-bond acceptors (Lipinski definition) is 0. The first-order valence-electron chi connectivity index (χ1n) is 8.98. The molecule has 0 aromatic carbocycles. The number of allylic oxidation sites excluding steroid dienone is 8. The van der Waals surface area contributed by atoms with Crippen LogP contribution in [0.1, 0.15) is 64.2 Å². The van der Waals surface area contributed by atoms with Crippen LogP contribution in [0.3, 0.4) is 0 Å². The topological polar surface area (TPSA) is 0 Å². The van der Waals surface area contributed by atoms with Crippen molar-refractivity contribution in [1.29, 1.82) is 0 Å². The summed E-state index contributed by atoms with van der Waals surface area (Å²) in [6, 6.07) is 0. The van der Waals surface area contributed by atoms with E-state index in [-0.39, 0.29) is 9.41 Å². The molecule has 0 radical (unpaired) electrons. The van der Waals surface area contributed by atoms with E-state index in [9.17, 15) is 0 Å². The molecule has 0 heterocycles. The average molecular weight is 485 g/mol. The largest absolute Gasteiger partial charge is 0.269 e. The second kappa shape index (κ2) is 8.69. The van der Waals surface area contributed by atoms with E-state index in [2.05, 4.69) is 24.3 Å². The van der Waals surface area contributed by atoms with Gasteiger partial charge in [0.2, 0.25) is 0 Å². The third-order valence-electron chi connectivity index (χ3n) is 5.83. The Hall–Kier alpha value is -0.310. The Bertz CT molecular complexity index is 482. The minimum atomic E-state index is -0.739. The Morgan fingerprint density at radius 1 is 0.652 bits per heavy atom. The predicted molar refractivity (Wildman–Crippen MR) is 90.5 cm³/mol. The van der Waals surface area contributed by atoms with Crippen LogP contribution in [-0.4, -0.2) is 0 Å². The summed E-state index contributed by atoms with van der Waals surface area (Å²) in [6.45, 7) is 0. The summed E-state index contributed by atoms with van der Waals surface area (Å²) < 4.78 is 3.91. The maximum atomic E-state index is 2.51. The summed E-state index contributed by atoms with van der Waals surface area (Å²) in [6.07, 6.45) is 24.4. The van der Waals surface area contributed by atoms with E-state index < -0.39 is 22.9 Å². The maximum Gasteiger partial charge on any atom is -0.269 e. The van der Waals surface area contributed by atoms with E-state index in [1.54, 1.807) is 0 Å². The molecule has 3 heteroatoms. The van der Waals surface area contributed by atoms with Crippen LogP contribution in [0.4, 0.5) is 9.41 Å². The van der Waals surface area contributed by atoms with Crippen LogP contribution in [0.2, 0.25) is 0 Å². The van der Waals surface area contributed by atoms with Gasteiger partial charge in [0.25, 0.3) is 0 Å². The molecule has 0 aromatic rings. The molecule has 0 nitrogen and oxygen atoms in total. The Labute approximate surface area is 150 Å². The minimum Gasteiger partial charge on any atom is -0.269 e. The molecule has 4 aliphatic rings. The molecule has 2 saturated carbocycles. The summed E-state index contributed by atoms with van der Waals surface area (Å²) in [7, 11) is 0. The normalized spacial score (nSPS) is 24.5. The van der Waals surface area contributed by atoms with Gasteiger partial charge in [-0.1, -0.05) is 0 Å². The summed E-state index contributed by atoms with van der Waals surface area (Å²) >= 11 is -0.739. The first-order valence-corrected chi connectivity index (χ1v) is 12.6. The summed E-state index contributed by atoms with van der Waals surface area (Å²) in [5, 5.41) is 0. The molecule has 4 aliphatic carbocycles. The molecule has 0 aliphatic heterocycles. The van der Waals surface area contributed by atoms with E-state index in [4.69, 9.17) is 0 Å². The molecule has 0 spiro atoms. The monoisotopic (exact) mass is 486 g/mol. The molecule has 2 fully saturated rings. The van der Waals surface area contributed by atoms with Crippen molar-refractivity contribution in [2.24, 2.45) is 11.8 Å². The predicted octanol–water partition coefficient (Wildman–Crippen LogP) is 6.18. The second-order valence-corrected chi connectivity index (χ2v) is 12.4. The zero-order chi connectivity index (χ0) is 14.1. The van der Waals surface area contributed by atoms with Crippen LogP contribution in [0.25, 0.3) is 0 Å². The van der Waals surface area contributed by atoms with Crippen molar-refractivity contribution in [3.05, 3.63) is 42.1 Å². The molecular weight excluding hydrogens is 457 g/mol. The van der Waals surface area contributed by atoms with Crippen LogP contribution in [0.15, 0.2) is 42.1 Å². The Morgan fingerprint density at radius 3 is 1.43 bits per heavy atom. The Balaban J connectivity index is 0.000000960.